The lowest BCUT2D eigenvalue weighted by Crippen LogP contribution is -2.50. The van der Waals surface area contributed by atoms with Crippen molar-refractivity contribution >= 4 is 6.09 Å². The Hall–Kier alpha value is -0.810. The van der Waals surface area contributed by atoms with Gasteiger partial charge in [0.25, 0.3) is 0 Å². The summed E-state index contributed by atoms with van der Waals surface area (Å²) in [6.45, 7) is 5.05. The van der Waals surface area contributed by atoms with E-state index < -0.39 is 23.8 Å². The van der Waals surface area contributed by atoms with Crippen LogP contribution in [-0.2, 0) is 4.74 Å². The van der Waals surface area contributed by atoms with Crippen LogP contribution in [0.15, 0.2) is 0 Å². The first-order valence-electron chi connectivity index (χ1n) is 7.12. The summed E-state index contributed by atoms with van der Waals surface area (Å²) in [6, 6.07) is -0.655. The molecular formula is C14H27NO4. The van der Waals surface area contributed by atoms with Crippen molar-refractivity contribution in [3.63, 3.8) is 0 Å². The third-order valence-corrected chi connectivity index (χ3v) is 3.44. The van der Waals surface area contributed by atoms with Crippen LogP contribution in [0, 0.1) is 5.92 Å². The van der Waals surface area contributed by atoms with E-state index in [-0.39, 0.29) is 12.5 Å². The molecule has 1 aliphatic rings. The molecule has 1 rings (SSSR count). The van der Waals surface area contributed by atoms with Crippen molar-refractivity contribution in [3.05, 3.63) is 0 Å². The van der Waals surface area contributed by atoms with Gasteiger partial charge in [0.2, 0.25) is 0 Å². The van der Waals surface area contributed by atoms with Crippen molar-refractivity contribution in [1.82, 2.24) is 5.32 Å². The Morgan fingerprint density at radius 3 is 2.37 bits per heavy atom. The SMILES string of the molecule is CC(C)(C)OC(=O)N[C@H](CO)[C@@H](O)C1CCCCC1. The summed E-state index contributed by atoms with van der Waals surface area (Å²) >= 11 is 0. The van der Waals surface area contributed by atoms with Crippen LogP contribution in [0.25, 0.3) is 0 Å². The Kier molecular flexibility index (Phi) is 6.07. The van der Waals surface area contributed by atoms with Crippen LogP contribution in [0.3, 0.4) is 0 Å². The highest BCUT2D eigenvalue weighted by Crippen LogP contribution is 2.27. The van der Waals surface area contributed by atoms with Gasteiger partial charge in [-0.3, -0.25) is 0 Å². The summed E-state index contributed by atoms with van der Waals surface area (Å²) in [4.78, 5) is 11.7. The van der Waals surface area contributed by atoms with Gasteiger partial charge in [-0.05, 0) is 39.5 Å². The Labute approximate surface area is 115 Å². The Bertz CT molecular complexity index is 282. The summed E-state index contributed by atoms with van der Waals surface area (Å²) in [5.41, 5.74) is -0.583. The average molecular weight is 273 g/mol. The van der Waals surface area contributed by atoms with E-state index in [9.17, 15) is 15.0 Å². The zero-order valence-corrected chi connectivity index (χ0v) is 12.2. The second-order valence-electron chi connectivity index (χ2n) is 6.32. The maximum absolute atomic E-state index is 11.7. The van der Waals surface area contributed by atoms with Crippen molar-refractivity contribution < 1.29 is 19.7 Å². The fourth-order valence-electron chi connectivity index (χ4n) is 2.50. The minimum Gasteiger partial charge on any atom is -0.444 e. The Morgan fingerprint density at radius 2 is 1.89 bits per heavy atom. The number of hydrogen-bond donors (Lipinski definition) is 3. The first-order chi connectivity index (χ1) is 8.83. The molecule has 0 unspecified atom stereocenters. The molecule has 0 bridgehead atoms. The van der Waals surface area contributed by atoms with Gasteiger partial charge in [-0.1, -0.05) is 19.3 Å². The summed E-state index contributed by atoms with van der Waals surface area (Å²) in [5.74, 6) is 0.154. The maximum atomic E-state index is 11.7. The van der Waals surface area contributed by atoms with E-state index in [1.54, 1.807) is 20.8 Å². The number of carbonyl (C=O) groups excluding carboxylic acids is 1. The molecule has 0 heterocycles. The van der Waals surface area contributed by atoms with Crippen LogP contribution in [0.2, 0.25) is 0 Å². The number of hydrogen-bond acceptors (Lipinski definition) is 4. The molecule has 2 atom stereocenters. The van der Waals surface area contributed by atoms with Gasteiger partial charge >= 0.3 is 6.09 Å². The first kappa shape index (κ1) is 16.2. The van der Waals surface area contributed by atoms with E-state index in [1.165, 1.54) is 6.42 Å². The smallest absolute Gasteiger partial charge is 0.408 e. The highest BCUT2D eigenvalue weighted by atomic mass is 16.6. The van der Waals surface area contributed by atoms with Crippen LogP contribution < -0.4 is 5.32 Å². The molecule has 0 spiro atoms. The summed E-state index contributed by atoms with van der Waals surface area (Å²) in [7, 11) is 0. The molecule has 0 aromatic heterocycles. The monoisotopic (exact) mass is 273 g/mol. The molecule has 19 heavy (non-hydrogen) atoms. The van der Waals surface area contributed by atoms with E-state index in [1.807, 2.05) is 0 Å². The molecule has 0 aromatic carbocycles. The van der Waals surface area contributed by atoms with Crippen LogP contribution in [0.4, 0.5) is 4.79 Å². The zero-order chi connectivity index (χ0) is 14.5. The van der Waals surface area contributed by atoms with Crippen LogP contribution in [0.1, 0.15) is 52.9 Å². The molecule has 0 aliphatic heterocycles. The van der Waals surface area contributed by atoms with Crippen LogP contribution >= 0.6 is 0 Å². The molecule has 1 aliphatic carbocycles. The molecule has 5 heteroatoms. The number of ether oxygens (including phenoxy) is 1. The van der Waals surface area contributed by atoms with Crippen molar-refractivity contribution in [2.75, 3.05) is 6.61 Å². The number of aliphatic hydroxyl groups excluding tert-OH is 2. The second kappa shape index (κ2) is 7.10. The lowest BCUT2D eigenvalue weighted by molar-refractivity contribution is 0.0127. The zero-order valence-electron chi connectivity index (χ0n) is 12.2. The molecule has 5 nitrogen and oxygen atoms in total. The van der Waals surface area contributed by atoms with E-state index in [2.05, 4.69) is 5.32 Å². The van der Waals surface area contributed by atoms with Gasteiger partial charge in [-0.2, -0.15) is 0 Å². The van der Waals surface area contributed by atoms with Gasteiger partial charge in [-0.15, -0.1) is 0 Å². The average Bonchev–Trinajstić information content (AvgIpc) is 2.34. The van der Waals surface area contributed by atoms with Gasteiger partial charge in [-0.25, -0.2) is 4.79 Å². The number of amides is 1. The minimum atomic E-state index is -0.710. The van der Waals surface area contributed by atoms with E-state index in [4.69, 9.17) is 4.74 Å². The van der Waals surface area contributed by atoms with Gasteiger partial charge in [0, 0.05) is 0 Å². The van der Waals surface area contributed by atoms with Crippen molar-refractivity contribution in [2.24, 2.45) is 5.92 Å². The lowest BCUT2D eigenvalue weighted by Gasteiger charge is -2.32. The van der Waals surface area contributed by atoms with Crippen LogP contribution in [0.5, 0.6) is 0 Å². The number of carbonyl (C=O) groups is 1. The summed E-state index contributed by atoms with van der Waals surface area (Å²) in [6.07, 6.45) is 4.01. The fourth-order valence-corrected chi connectivity index (χ4v) is 2.50. The van der Waals surface area contributed by atoms with Crippen LogP contribution in [-0.4, -0.2) is 40.7 Å². The Morgan fingerprint density at radius 1 is 1.32 bits per heavy atom. The topological polar surface area (TPSA) is 78.8 Å². The molecule has 1 amide bonds. The quantitative estimate of drug-likeness (QED) is 0.730. The highest BCUT2D eigenvalue weighted by Gasteiger charge is 2.30. The molecule has 1 saturated carbocycles. The number of aliphatic hydroxyl groups is 2. The van der Waals surface area contributed by atoms with Crippen molar-refractivity contribution in [3.8, 4) is 0 Å². The van der Waals surface area contributed by atoms with E-state index >= 15 is 0 Å². The van der Waals surface area contributed by atoms with Gasteiger partial charge in [0.1, 0.15) is 5.60 Å². The molecule has 112 valence electrons. The molecule has 0 radical (unpaired) electrons. The van der Waals surface area contributed by atoms with Crippen molar-refractivity contribution in [2.45, 2.75) is 70.6 Å². The number of alkyl carbamates (subject to hydrolysis) is 1. The normalized spacial score (nSPS) is 20.7. The third-order valence-electron chi connectivity index (χ3n) is 3.44. The Balaban J connectivity index is 2.49. The van der Waals surface area contributed by atoms with Crippen molar-refractivity contribution in [1.29, 1.82) is 0 Å². The second-order valence-corrected chi connectivity index (χ2v) is 6.32. The largest absolute Gasteiger partial charge is 0.444 e. The molecule has 3 N–H and O–H groups in total. The van der Waals surface area contributed by atoms with E-state index in [0.29, 0.717) is 0 Å². The fraction of sp³-hybridized carbons (Fsp3) is 0.929. The standard InChI is InChI=1S/C14H27NO4/c1-14(2,3)19-13(18)15-11(9-16)12(17)10-7-5-4-6-8-10/h10-12,16-17H,4-9H2,1-3H3,(H,15,18)/t11-,12+/m1/s1. The number of rotatable bonds is 4. The lowest BCUT2D eigenvalue weighted by atomic mass is 9.83. The minimum absolute atomic E-state index is 0.154. The van der Waals surface area contributed by atoms with E-state index in [0.717, 1.165) is 25.7 Å². The van der Waals surface area contributed by atoms with Gasteiger partial charge in [0.05, 0.1) is 18.8 Å². The number of nitrogens with one attached hydrogen (secondary N) is 1. The molecule has 1 fully saturated rings. The maximum Gasteiger partial charge on any atom is 0.408 e. The summed E-state index contributed by atoms with van der Waals surface area (Å²) < 4.78 is 5.14. The first-order valence-corrected chi connectivity index (χ1v) is 7.12. The summed E-state index contributed by atoms with van der Waals surface area (Å²) in [5, 5.41) is 22.2. The molecule has 0 saturated heterocycles. The molecular weight excluding hydrogens is 246 g/mol. The predicted octanol–water partition coefficient (Wildman–Crippen LogP) is 1.81. The van der Waals surface area contributed by atoms with Gasteiger partial charge < -0.3 is 20.3 Å². The highest BCUT2D eigenvalue weighted by molar-refractivity contribution is 5.68. The predicted molar refractivity (Wildman–Crippen MR) is 72.8 cm³/mol. The third kappa shape index (κ3) is 5.78. The van der Waals surface area contributed by atoms with Gasteiger partial charge in [0.15, 0.2) is 0 Å². The molecule has 0 aromatic rings.